The molecule has 0 heterocycles. The normalized spacial score (nSPS) is 11.3. The number of anilines is 1. The Morgan fingerprint density at radius 1 is 1.15 bits per heavy atom. The number of primary sulfonamides is 1. The van der Waals surface area contributed by atoms with Crippen LogP contribution in [0.1, 0.15) is 5.56 Å². The largest absolute Gasteiger partial charge is 0.454 e. The van der Waals surface area contributed by atoms with Crippen molar-refractivity contribution < 1.29 is 13.2 Å². The summed E-state index contributed by atoms with van der Waals surface area (Å²) >= 11 is 6.05. The molecule has 2 aromatic rings. The van der Waals surface area contributed by atoms with E-state index in [9.17, 15) is 8.42 Å². The average molecular weight is 313 g/mol. The molecule has 0 atom stereocenters. The van der Waals surface area contributed by atoms with Gasteiger partial charge in [-0.15, -0.1) is 0 Å². The van der Waals surface area contributed by atoms with Crippen molar-refractivity contribution in [2.75, 3.05) is 5.73 Å². The Hall–Kier alpha value is -1.76. The van der Waals surface area contributed by atoms with Crippen LogP contribution < -0.4 is 15.6 Å². The van der Waals surface area contributed by atoms with E-state index in [1.165, 1.54) is 12.1 Å². The number of ether oxygens (including phenoxy) is 1. The first-order chi connectivity index (χ1) is 9.29. The van der Waals surface area contributed by atoms with E-state index in [2.05, 4.69) is 0 Å². The predicted octanol–water partition coefficient (Wildman–Crippen LogP) is 2.67. The second-order valence-electron chi connectivity index (χ2n) is 4.25. The van der Waals surface area contributed by atoms with Crippen LogP contribution in [0.2, 0.25) is 5.02 Å². The lowest BCUT2D eigenvalue weighted by atomic mass is 10.2. The minimum Gasteiger partial charge on any atom is -0.454 e. The van der Waals surface area contributed by atoms with E-state index in [1.807, 2.05) is 13.0 Å². The Labute approximate surface area is 122 Å². The quantitative estimate of drug-likeness (QED) is 0.852. The number of hydrogen-bond donors (Lipinski definition) is 2. The molecular weight excluding hydrogens is 300 g/mol. The molecule has 0 aliphatic heterocycles. The van der Waals surface area contributed by atoms with Crippen molar-refractivity contribution in [3.8, 4) is 11.5 Å². The average Bonchev–Trinajstić information content (AvgIpc) is 2.33. The van der Waals surface area contributed by atoms with Crippen LogP contribution in [0, 0.1) is 6.92 Å². The van der Waals surface area contributed by atoms with Crippen LogP contribution in [0.4, 0.5) is 5.69 Å². The van der Waals surface area contributed by atoms with Crippen molar-refractivity contribution in [3.63, 3.8) is 0 Å². The van der Waals surface area contributed by atoms with Gasteiger partial charge in [0.25, 0.3) is 0 Å². The molecule has 0 amide bonds. The maximum Gasteiger partial charge on any atom is 0.240 e. The third-order valence-electron chi connectivity index (χ3n) is 2.64. The highest BCUT2D eigenvalue weighted by molar-refractivity contribution is 7.89. The summed E-state index contributed by atoms with van der Waals surface area (Å²) in [5, 5.41) is 5.49. The van der Waals surface area contributed by atoms with Gasteiger partial charge in [-0.05, 0) is 36.8 Å². The van der Waals surface area contributed by atoms with E-state index in [0.717, 1.165) is 5.56 Å². The molecule has 0 saturated heterocycles. The maximum absolute atomic E-state index is 11.4. The number of para-hydroxylation sites is 1. The predicted molar refractivity (Wildman–Crippen MR) is 78.5 cm³/mol. The summed E-state index contributed by atoms with van der Waals surface area (Å²) in [6.07, 6.45) is 0. The summed E-state index contributed by atoms with van der Waals surface area (Å²) in [5.74, 6) is 0.567. The third-order valence-corrected chi connectivity index (χ3v) is 3.90. The molecule has 106 valence electrons. The van der Waals surface area contributed by atoms with Gasteiger partial charge in [0.1, 0.15) is 10.6 Å². The van der Waals surface area contributed by atoms with Gasteiger partial charge in [-0.2, -0.15) is 0 Å². The molecule has 0 fully saturated rings. The highest BCUT2D eigenvalue weighted by atomic mass is 35.5. The van der Waals surface area contributed by atoms with Crippen LogP contribution >= 0.6 is 11.6 Å². The first kappa shape index (κ1) is 14.6. The Bertz CT molecular complexity index is 760. The summed E-state index contributed by atoms with van der Waals surface area (Å²) in [7, 11) is -3.90. The highest BCUT2D eigenvalue weighted by Crippen LogP contribution is 2.35. The summed E-state index contributed by atoms with van der Waals surface area (Å²) in [6.45, 7) is 1.89. The van der Waals surface area contributed by atoms with E-state index in [-0.39, 0.29) is 16.3 Å². The van der Waals surface area contributed by atoms with Crippen LogP contribution in [0.3, 0.4) is 0 Å². The minimum absolute atomic E-state index is 0.0494. The molecule has 2 aromatic carbocycles. The molecule has 5 nitrogen and oxygen atoms in total. The van der Waals surface area contributed by atoms with Gasteiger partial charge in [0, 0.05) is 0 Å². The topological polar surface area (TPSA) is 95.4 Å². The number of rotatable bonds is 3. The second-order valence-corrected chi connectivity index (χ2v) is 6.19. The van der Waals surface area contributed by atoms with Crippen molar-refractivity contribution in [2.24, 2.45) is 5.14 Å². The van der Waals surface area contributed by atoms with Crippen LogP contribution in [-0.4, -0.2) is 8.42 Å². The minimum atomic E-state index is -3.90. The van der Waals surface area contributed by atoms with Gasteiger partial charge in [-0.25, -0.2) is 13.6 Å². The fourth-order valence-electron chi connectivity index (χ4n) is 1.67. The molecule has 2 rings (SSSR count). The number of aryl methyl sites for hydroxylation is 1. The van der Waals surface area contributed by atoms with Crippen LogP contribution in [-0.2, 0) is 10.0 Å². The molecule has 4 N–H and O–H groups in total. The lowest BCUT2D eigenvalue weighted by Crippen LogP contribution is -2.14. The van der Waals surface area contributed by atoms with E-state index < -0.39 is 10.0 Å². The fraction of sp³-hybridized carbons (Fsp3) is 0.0769. The molecule has 0 saturated carbocycles. The van der Waals surface area contributed by atoms with E-state index in [1.54, 1.807) is 18.2 Å². The number of hydrogen-bond acceptors (Lipinski definition) is 4. The van der Waals surface area contributed by atoms with Gasteiger partial charge in [0.05, 0.1) is 10.7 Å². The molecular formula is C13H13ClN2O3S. The number of nitrogen functional groups attached to an aromatic ring is 1. The molecule has 0 radical (unpaired) electrons. The zero-order chi connectivity index (χ0) is 14.9. The van der Waals surface area contributed by atoms with Crippen molar-refractivity contribution in [3.05, 3.63) is 47.0 Å². The van der Waals surface area contributed by atoms with Gasteiger partial charge in [0.2, 0.25) is 10.0 Å². The van der Waals surface area contributed by atoms with Gasteiger partial charge in [0.15, 0.2) is 5.75 Å². The van der Waals surface area contributed by atoms with Crippen molar-refractivity contribution in [1.82, 2.24) is 0 Å². The van der Waals surface area contributed by atoms with Crippen molar-refractivity contribution in [2.45, 2.75) is 11.8 Å². The fourth-order valence-corrected chi connectivity index (χ4v) is 2.62. The molecule has 20 heavy (non-hydrogen) atoms. The van der Waals surface area contributed by atoms with Crippen molar-refractivity contribution >= 4 is 27.3 Å². The van der Waals surface area contributed by atoms with Crippen LogP contribution in [0.5, 0.6) is 11.5 Å². The Balaban J connectivity index is 2.45. The molecule has 0 aliphatic carbocycles. The summed E-state index contributed by atoms with van der Waals surface area (Å²) in [4.78, 5) is -0.182. The van der Waals surface area contributed by atoms with Crippen molar-refractivity contribution in [1.29, 1.82) is 0 Å². The molecule has 0 aromatic heterocycles. The van der Waals surface area contributed by atoms with Gasteiger partial charge in [-0.3, -0.25) is 0 Å². The summed E-state index contributed by atoms with van der Waals surface area (Å²) in [6, 6.07) is 9.58. The number of sulfonamides is 1. The Kier molecular flexibility index (Phi) is 3.89. The lowest BCUT2D eigenvalue weighted by molar-refractivity contribution is 0.483. The van der Waals surface area contributed by atoms with E-state index in [0.29, 0.717) is 10.8 Å². The second kappa shape index (κ2) is 5.32. The number of benzene rings is 2. The number of halogens is 1. The molecule has 0 aliphatic rings. The first-order valence-electron chi connectivity index (χ1n) is 5.64. The summed E-state index contributed by atoms with van der Waals surface area (Å²) < 4.78 is 28.3. The van der Waals surface area contributed by atoms with Gasteiger partial charge in [-0.1, -0.05) is 23.7 Å². The molecule has 0 bridgehead atoms. The molecule has 0 spiro atoms. The van der Waals surface area contributed by atoms with Gasteiger partial charge < -0.3 is 10.5 Å². The highest BCUT2D eigenvalue weighted by Gasteiger charge is 2.16. The molecule has 7 heteroatoms. The van der Waals surface area contributed by atoms with E-state index >= 15 is 0 Å². The van der Waals surface area contributed by atoms with E-state index in [4.69, 9.17) is 27.2 Å². The number of nitrogens with two attached hydrogens (primary N) is 2. The zero-order valence-electron chi connectivity index (χ0n) is 10.6. The lowest BCUT2D eigenvalue weighted by Gasteiger charge is -2.12. The van der Waals surface area contributed by atoms with Crippen LogP contribution in [0.25, 0.3) is 0 Å². The zero-order valence-corrected chi connectivity index (χ0v) is 12.2. The monoisotopic (exact) mass is 312 g/mol. The smallest absolute Gasteiger partial charge is 0.240 e. The third kappa shape index (κ3) is 3.04. The maximum atomic E-state index is 11.4. The first-order valence-corrected chi connectivity index (χ1v) is 7.57. The molecule has 0 unspecified atom stereocenters. The Morgan fingerprint density at radius 3 is 2.45 bits per heavy atom. The van der Waals surface area contributed by atoms with Crippen LogP contribution in [0.15, 0.2) is 41.3 Å². The standard InChI is InChI=1S/C13H13ClN2O3S/c1-8-5-6-10(9(14)7-8)19-11-3-2-4-12(13(11)15)20(16,17)18/h2-7H,15H2,1H3,(H2,16,17,18). The summed E-state index contributed by atoms with van der Waals surface area (Å²) in [5.41, 5.74) is 6.70. The SMILES string of the molecule is Cc1ccc(Oc2cccc(S(N)(=O)=O)c2N)c(Cl)c1. The van der Waals surface area contributed by atoms with Gasteiger partial charge >= 0.3 is 0 Å². The Morgan fingerprint density at radius 2 is 1.85 bits per heavy atom.